The number of anilines is 2. The van der Waals surface area contributed by atoms with Crippen LogP contribution in [0.25, 0.3) is 31.6 Å². The Bertz CT molecular complexity index is 1380. The van der Waals surface area contributed by atoms with E-state index in [1.165, 1.54) is 0 Å². The Balaban J connectivity index is 1.79. The van der Waals surface area contributed by atoms with E-state index in [1.54, 1.807) is 11.3 Å². The minimum Gasteiger partial charge on any atom is -0.494 e. The Kier molecular flexibility index (Phi) is 4.37. The Hall–Kier alpha value is -3.44. The number of fused-ring (bicyclic) bond motifs is 4. The molecule has 0 unspecified atom stereocenters. The second kappa shape index (κ2) is 7.18. The van der Waals surface area contributed by atoms with Gasteiger partial charge < -0.3 is 10.1 Å². The highest BCUT2D eigenvalue weighted by atomic mass is 32.1. The standard InChI is InChI=1S/C24H18N2O2S/c1-2-28-16-9-7-8-15(14-16)25-22-23(27)18-11-4-3-10-17(18)21-24(22)29-20-13-6-5-12-19(20)26-21/h3-14,25H,2H2,1H3. The molecule has 0 atom stereocenters. The van der Waals surface area contributed by atoms with Crippen molar-refractivity contribution in [3.63, 3.8) is 0 Å². The molecule has 1 aliphatic heterocycles. The van der Waals surface area contributed by atoms with Crippen LogP contribution >= 0.6 is 11.3 Å². The zero-order valence-corrected chi connectivity index (χ0v) is 16.6. The number of hydrogen-bond acceptors (Lipinski definition) is 5. The number of aromatic nitrogens is 1. The Labute approximate surface area is 171 Å². The van der Waals surface area contributed by atoms with E-state index in [4.69, 9.17) is 9.72 Å². The number of ether oxygens (including phenoxy) is 1. The zero-order valence-electron chi connectivity index (χ0n) is 15.8. The van der Waals surface area contributed by atoms with Crippen LogP contribution in [0.1, 0.15) is 6.92 Å². The van der Waals surface area contributed by atoms with E-state index in [1.807, 2.05) is 79.7 Å². The summed E-state index contributed by atoms with van der Waals surface area (Å²) in [5.41, 5.74) is 3.11. The maximum absolute atomic E-state index is 13.4. The molecule has 3 aromatic carbocycles. The summed E-state index contributed by atoms with van der Waals surface area (Å²) < 4.78 is 6.64. The van der Waals surface area contributed by atoms with Crippen molar-refractivity contribution in [2.24, 2.45) is 0 Å². The summed E-state index contributed by atoms with van der Waals surface area (Å²) in [6.07, 6.45) is 0. The monoisotopic (exact) mass is 398 g/mol. The van der Waals surface area contributed by atoms with Crippen molar-refractivity contribution in [1.29, 1.82) is 0 Å². The van der Waals surface area contributed by atoms with Crippen LogP contribution in [-0.4, -0.2) is 11.6 Å². The van der Waals surface area contributed by atoms with Crippen LogP contribution in [0.5, 0.6) is 5.75 Å². The molecule has 29 heavy (non-hydrogen) atoms. The van der Waals surface area contributed by atoms with Crippen LogP contribution in [-0.2, 0) is 0 Å². The highest BCUT2D eigenvalue weighted by molar-refractivity contribution is 7.22. The van der Waals surface area contributed by atoms with Crippen LogP contribution < -0.4 is 15.5 Å². The van der Waals surface area contributed by atoms with E-state index in [2.05, 4.69) is 5.32 Å². The number of hydrogen-bond donors (Lipinski definition) is 1. The molecule has 0 radical (unpaired) electrons. The third kappa shape index (κ3) is 3.09. The second-order valence-electron chi connectivity index (χ2n) is 6.69. The lowest BCUT2D eigenvalue weighted by Gasteiger charge is -2.16. The molecule has 1 heterocycles. The third-order valence-electron chi connectivity index (χ3n) is 4.82. The largest absolute Gasteiger partial charge is 0.494 e. The van der Waals surface area contributed by atoms with Gasteiger partial charge in [0.15, 0.2) is 0 Å². The summed E-state index contributed by atoms with van der Waals surface area (Å²) in [7, 11) is 0. The van der Waals surface area contributed by atoms with Crippen LogP contribution in [0.15, 0.2) is 77.6 Å². The van der Waals surface area contributed by atoms with Crippen LogP contribution in [0.4, 0.5) is 11.4 Å². The topological polar surface area (TPSA) is 51.2 Å². The lowest BCUT2D eigenvalue weighted by molar-refractivity contribution is 0.340. The number of nitrogens with one attached hydrogen (secondary N) is 1. The van der Waals surface area contributed by atoms with Gasteiger partial charge in [-0.05, 0) is 31.2 Å². The van der Waals surface area contributed by atoms with E-state index in [9.17, 15) is 4.79 Å². The van der Waals surface area contributed by atoms with Crippen molar-refractivity contribution in [3.8, 4) is 16.3 Å². The average molecular weight is 398 g/mol. The van der Waals surface area contributed by atoms with Crippen molar-refractivity contribution in [2.45, 2.75) is 6.92 Å². The lowest BCUT2D eigenvalue weighted by Crippen LogP contribution is -2.11. The van der Waals surface area contributed by atoms with Gasteiger partial charge in [0.25, 0.3) is 0 Å². The Morgan fingerprint density at radius 3 is 2.62 bits per heavy atom. The quantitative estimate of drug-likeness (QED) is 0.295. The normalized spacial score (nSPS) is 11.2. The molecule has 0 spiro atoms. The van der Waals surface area contributed by atoms with Crippen molar-refractivity contribution in [3.05, 3.63) is 83.0 Å². The van der Waals surface area contributed by atoms with Gasteiger partial charge in [0, 0.05) is 22.5 Å². The highest BCUT2D eigenvalue weighted by Gasteiger charge is 2.20. The summed E-state index contributed by atoms with van der Waals surface area (Å²) in [4.78, 5) is 19.1. The van der Waals surface area contributed by atoms with E-state index < -0.39 is 0 Å². The van der Waals surface area contributed by atoms with Crippen LogP contribution in [0.2, 0.25) is 0 Å². The third-order valence-corrected chi connectivity index (χ3v) is 5.99. The van der Waals surface area contributed by atoms with Gasteiger partial charge in [0.1, 0.15) is 11.4 Å². The molecule has 1 aliphatic carbocycles. The molecule has 5 heteroatoms. The molecule has 0 bridgehead atoms. The molecule has 0 fully saturated rings. The van der Waals surface area contributed by atoms with Gasteiger partial charge in [-0.2, -0.15) is 0 Å². The van der Waals surface area contributed by atoms with Crippen LogP contribution in [0, 0.1) is 0 Å². The fourth-order valence-corrected chi connectivity index (χ4v) is 4.61. The molecular formula is C24H18N2O2S. The summed E-state index contributed by atoms with van der Waals surface area (Å²) in [6.45, 7) is 2.54. The number of benzene rings is 4. The lowest BCUT2D eigenvalue weighted by atomic mass is 10.0. The zero-order chi connectivity index (χ0) is 19.8. The number of nitrogens with zero attached hydrogens (tertiary/aromatic N) is 1. The molecule has 0 aromatic heterocycles. The number of rotatable bonds is 4. The van der Waals surface area contributed by atoms with Gasteiger partial charge in [0.05, 0.1) is 27.4 Å². The molecule has 3 aromatic rings. The highest BCUT2D eigenvalue weighted by Crippen LogP contribution is 2.40. The van der Waals surface area contributed by atoms with Gasteiger partial charge in [0.2, 0.25) is 5.43 Å². The van der Waals surface area contributed by atoms with Gasteiger partial charge in [-0.3, -0.25) is 4.79 Å². The first kappa shape index (κ1) is 17.6. The van der Waals surface area contributed by atoms with E-state index in [-0.39, 0.29) is 5.43 Å². The van der Waals surface area contributed by atoms with Gasteiger partial charge in [-0.25, -0.2) is 4.98 Å². The minimum absolute atomic E-state index is 0.0248. The van der Waals surface area contributed by atoms with Gasteiger partial charge in [-0.15, -0.1) is 11.3 Å². The molecule has 0 saturated heterocycles. The molecule has 4 nitrogen and oxygen atoms in total. The Morgan fingerprint density at radius 2 is 1.76 bits per heavy atom. The first-order valence-electron chi connectivity index (χ1n) is 9.49. The van der Waals surface area contributed by atoms with E-state index in [0.717, 1.165) is 37.6 Å². The van der Waals surface area contributed by atoms with Crippen molar-refractivity contribution in [2.75, 3.05) is 11.9 Å². The smallest absolute Gasteiger partial charge is 0.211 e. The predicted molar refractivity (Wildman–Crippen MR) is 121 cm³/mol. The van der Waals surface area contributed by atoms with Crippen LogP contribution in [0.3, 0.4) is 0 Å². The minimum atomic E-state index is -0.0248. The maximum atomic E-state index is 13.4. The molecule has 0 amide bonds. The fraction of sp³-hybridized carbons (Fsp3) is 0.0833. The van der Waals surface area contributed by atoms with E-state index in [0.29, 0.717) is 17.7 Å². The molecule has 0 saturated carbocycles. The predicted octanol–water partition coefficient (Wildman–Crippen LogP) is 6.06. The van der Waals surface area contributed by atoms with Crippen molar-refractivity contribution >= 4 is 43.7 Å². The average Bonchev–Trinajstić information content (AvgIpc) is 2.76. The Morgan fingerprint density at radius 1 is 0.966 bits per heavy atom. The molecule has 2 aliphatic rings. The first-order chi connectivity index (χ1) is 14.2. The second-order valence-corrected chi connectivity index (χ2v) is 7.75. The first-order valence-corrected chi connectivity index (χ1v) is 10.3. The summed E-state index contributed by atoms with van der Waals surface area (Å²) in [5.74, 6) is 0.766. The van der Waals surface area contributed by atoms with Gasteiger partial charge in [-0.1, -0.05) is 42.5 Å². The van der Waals surface area contributed by atoms with E-state index >= 15 is 0 Å². The number of para-hydroxylation sites is 1. The SMILES string of the molecule is CCOc1cccc(Nc2c3sc4ccccc4nc-3c3ccccc3c2=O)c1. The summed E-state index contributed by atoms with van der Waals surface area (Å²) >= 11 is 1.58. The fourth-order valence-electron chi connectivity index (χ4n) is 3.53. The van der Waals surface area contributed by atoms with Gasteiger partial charge >= 0.3 is 0 Å². The maximum Gasteiger partial charge on any atom is 0.211 e. The molecule has 1 N–H and O–H groups in total. The molecular weight excluding hydrogens is 380 g/mol. The van der Waals surface area contributed by atoms with Crippen molar-refractivity contribution in [1.82, 2.24) is 4.98 Å². The molecule has 142 valence electrons. The van der Waals surface area contributed by atoms with Crippen molar-refractivity contribution < 1.29 is 4.74 Å². The summed E-state index contributed by atoms with van der Waals surface area (Å²) in [5, 5.41) is 4.89. The summed E-state index contributed by atoms with van der Waals surface area (Å²) in [6, 6.07) is 23.3. The molecule has 5 rings (SSSR count).